The molecule has 1 unspecified atom stereocenters. The summed E-state index contributed by atoms with van der Waals surface area (Å²) in [5, 5.41) is 3.30. The first-order valence-corrected chi connectivity index (χ1v) is 9.91. The topological polar surface area (TPSA) is 68.3 Å². The van der Waals surface area contributed by atoms with Crippen molar-refractivity contribution in [3.8, 4) is 0 Å². The highest BCUT2D eigenvalue weighted by atomic mass is 32.1. The second-order valence-corrected chi connectivity index (χ2v) is 8.16. The van der Waals surface area contributed by atoms with E-state index < -0.39 is 12.1 Å². The lowest BCUT2D eigenvalue weighted by Gasteiger charge is -2.23. The number of rotatable bonds is 4. The summed E-state index contributed by atoms with van der Waals surface area (Å²) >= 11 is 1.43. The van der Waals surface area contributed by atoms with E-state index in [2.05, 4.69) is 41.5 Å². The summed E-state index contributed by atoms with van der Waals surface area (Å²) < 4.78 is 5.33. The average Bonchev–Trinajstić information content (AvgIpc) is 3.10. The highest BCUT2D eigenvalue weighted by molar-refractivity contribution is 7.15. The first-order valence-electron chi connectivity index (χ1n) is 9.09. The number of aromatic nitrogens is 1. The van der Waals surface area contributed by atoms with Crippen LogP contribution >= 0.6 is 11.3 Å². The lowest BCUT2D eigenvalue weighted by molar-refractivity contribution is -0.125. The molecule has 1 atom stereocenters. The summed E-state index contributed by atoms with van der Waals surface area (Å²) in [5.74, 6) is -0.808. The zero-order valence-electron chi connectivity index (χ0n) is 15.7. The van der Waals surface area contributed by atoms with Gasteiger partial charge in [0.25, 0.3) is 5.91 Å². The molecule has 1 N–H and O–H groups in total. The van der Waals surface area contributed by atoms with Crippen molar-refractivity contribution in [2.45, 2.75) is 32.8 Å². The van der Waals surface area contributed by atoms with E-state index in [9.17, 15) is 9.59 Å². The maximum absolute atomic E-state index is 12.6. The molecule has 2 aromatic carbocycles. The van der Waals surface area contributed by atoms with E-state index in [-0.39, 0.29) is 5.91 Å². The molecule has 28 heavy (non-hydrogen) atoms. The predicted octanol–water partition coefficient (Wildman–Crippen LogP) is 4.07. The van der Waals surface area contributed by atoms with E-state index in [0.29, 0.717) is 17.1 Å². The summed E-state index contributed by atoms with van der Waals surface area (Å²) in [6.45, 7) is 4.02. The summed E-state index contributed by atoms with van der Waals surface area (Å²) in [5.41, 5.74) is 4.84. The average molecular weight is 392 g/mol. The molecule has 1 aliphatic heterocycles. The Kier molecular flexibility index (Phi) is 4.96. The molecule has 5 nitrogen and oxygen atoms in total. The number of cyclic esters (lactones) is 1. The van der Waals surface area contributed by atoms with Crippen LogP contribution in [0.5, 0.6) is 0 Å². The molecule has 142 valence electrons. The van der Waals surface area contributed by atoms with Gasteiger partial charge in [0.05, 0.1) is 5.56 Å². The Hall–Kier alpha value is -2.99. The number of hydrogen-bond acceptors (Lipinski definition) is 5. The van der Waals surface area contributed by atoms with E-state index in [4.69, 9.17) is 4.74 Å². The smallest absolute Gasteiger partial charge is 0.339 e. The van der Waals surface area contributed by atoms with Crippen molar-refractivity contribution in [2.75, 3.05) is 5.32 Å². The number of fused-ring (bicyclic) bond motifs is 1. The zero-order chi connectivity index (χ0) is 19.7. The molecule has 4 rings (SSSR count). The molecule has 1 aliphatic rings. The van der Waals surface area contributed by atoms with Gasteiger partial charge in [-0.2, -0.15) is 0 Å². The Morgan fingerprint density at radius 2 is 1.93 bits per heavy atom. The minimum absolute atomic E-state index is 0.350. The van der Waals surface area contributed by atoms with Crippen LogP contribution in [0.4, 0.5) is 5.13 Å². The van der Waals surface area contributed by atoms with Gasteiger partial charge in [-0.15, -0.1) is 11.3 Å². The van der Waals surface area contributed by atoms with Crippen LogP contribution in [0.3, 0.4) is 0 Å². The van der Waals surface area contributed by atoms with E-state index in [1.807, 2.05) is 19.1 Å². The van der Waals surface area contributed by atoms with Crippen LogP contribution in [0, 0.1) is 13.8 Å². The maximum atomic E-state index is 12.6. The molecular weight excluding hydrogens is 372 g/mol. The van der Waals surface area contributed by atoms with Crippen molar-refractivity contribution >= 4 is 28.3 Å². The van der Waals surface area contributed by atoms with E-state index in [1.165, 1.54) is 22.5 Å². The van der Waals surface area contributed by atoms with Gasteiger partial charge in [-0.1, -0.05) is 47.5 Å². The predicted molar refractivity (Wildman–Crippen MR) is 109 cm³/mol. The molecule has 2 heterocycles. The van der Waals surface area contributed by atoms with E-state index in [1.54, 1.807) is 12.3 Å². The lowest BCUT2D eigenvalue weighted by atomic mass is 9.96. The van der Waals surface area contributed by atoms with Crippen LogP contribution < -0.4 is 5.32 Å². The normalized spacial score (nSPS) is 15.6. The van der Waals surface area contributed by atoms with Gasteiger partial charge in [0.1, 0.15) is 0 Å². The minimum Gasteiger partial charge on any atom is -0.448 e. The zero-order valence-corrected chi connectivity index (χ0v) is 16.5. The van der Waals surface area contributed by atoms with Gasteiger partial charge in [-0.25, -0.2) is 9.78 Å². The van der Waals surface area contributed by atoms with Crippen LogP contribution in [0.15, 0.2) is 48.7 Å². The monoisotopic (exact) mass is 392 g/mol. The van der Waals surface area contributed by atoms with Crippen LogP contribution in [0.2, 0.25) is 0 Å². The molecule has 3 aromatic rings. The molecule has 0 aliphatic carbocycles. The number of carbonyl (C=O) groups is 2. The lowest BCUT2D eigenvalue weighted by Crippen LogP contribution is -2.38. The maximum Gasteiger partial charge on any atom is 0.339 e. The number of esters is 1. The van der Waals surface area contributed by atoms with Crippen molar-refractivity contribution in [1.82, 2.24) is 4.98 Å². The number of nitrogens with zero attached hydrogens (tertiary/aromatic N) is 1. The van der Waals surface area contributed by atoms with Gasteiger partial charge in [0, 0.05) is 23.9 Å². The number of carbonyl (C=O) groups excluding carboxylic acids is 2. The third-order valence-corrected chi connectivity index (χ3v) is 5.62. The number of amides is 1. The number of anilines is 1. The summed E-state index contributed by atoms with van der Waals surface area (Å²) in [4.78, 5) is 30.1. The molecule has 0 saturated heterocycles. The number of nitrogens with one attached hydrogen (secondary N) is 1. The largest absolute Gasteiger partial charge is 0.448 e. The van der Waals surface area contributed by atoms with Crippen molar-refractivity contribution in [3.05, 3.63) is 81.4 Å². The highest BCUT2D eigenvalue weighted by Crippen LogP contribution is 2.25. The quantitative estimate of drug-likeness (QED) is 0.680. The number of benzene rings is 2. The minimum atomic E-state index is -0.841. The van der Waals surface area contributed by atoms with Crippen molar-refractivity contribution in [2.24, 2.45) is 0 Å². The van der Waals surface area contributed by atoms with Gasteiger partial charge >= 0.3 is 5.97 Å². The second kappa shape index (κ2) is 7.56. The molecule has 0 fully saturated rings. The molecular formula is C22H20N2O3S. The Bertz CT molecular complexity index is 1040. The fourth-order valence-electron chi connectivity index (χ4n) is 3.21. The molecule has 1 amide bonds. The number of thiazole rings is 1. The molecule has 6 heteroatoms. The Labute approximate surface area is 167 Å². The fourth-order valence-corrected chi connectivity index (χ4v) is 4.06. The number of aryl methyl sites for hydroxylation is 2. The van der Waals surface area contributed by atoms with Crippen LogP contribution in [0.1, 0.15) is 37.5 Å². The van der Waals surface area contributed by atoms with Crippen LogP contribution in [-0.4, -0.2) is 23.0 Å². The SMILES string of the molecule is Cc1ccc(Cc2cnc(NC(=O)C3Cc4cc(C)ccc4C(=O)O3)s2)cc1. The first-order chi connectivity index (χ1) is 13.5. The summed E-state index contributed by atoms with van der Waals surface area (Å²) in [6, 6.07) is 13.9. The van der Waals surface area contributed by atoms with Gasteiger partial charge in [0.2, 0.25) is 0 Å². The summed E-state index contributed by atoms with van der Waals surface area (Å²) in [7, 11) is 0. The molecule has 0 bridgehead atoms. The van der Waals surface area contributed by atoms with Crippen LogP contribution in [-0.2, 0) is 22.4 Å². The molecule has 0 saturated carbocycles. The molecule has 0 spiro atoms. The molecule has 1 aromatic heterocycles. The first kappa shape index (κ1) is 18.4. The van der Waals surface area contributed by atoms with Gasteiger partial charge in [-0.3, -0.25) is 10.1 Å². The van der Waals surface area contributed by atoms with Gasteiger partial charge in [0.15, 0.2) is 11.2 Å². The van der Waals surface area contributed by atoms with Crippen molar-refractivity contribution in [3.63, 3.8) is 0 Å². The fraction of sp³-hybridized carbons (Fsp3) is 0.227. The highest BCUT2D eigenvalue weighted by Gasteiger charge is 2.31. The van der Waals surface area contributed by atoms with Crippen LogP contribution in [0.25, 0.3) is 0 Å². The Morgan fingerprint density at radius 3 is 2.71 bits per heavy atom. The van der Waals surface area contributed by atoms with E-state index in [0.717, 1.165) is 22.4 Å². The standard InChI is InChI=1S/C22H20N2O3S/c1-13-3-6-15(7-4-13)10-17-12-23-22(28-17)24-20(25)19-11-16-9-14(2)5-8-18(16)21(26)27-19/h3-9,12,19H,10-11H2,1-2H3,(H,23,24,25). The molecule has 0 radical (unpaired) electrons. The van der Waals surface area contributed by atoms with E-state index >= 15 is 0 Å². The summed E-state index contributed by atoms with van der Waals surface area (Å²) in [6.07, 6.45) is 2.06. The Morgan fingerprint density at radius 1 is 1.18 bits per heavy atom. The van der Waals surface area contributed by atoms with Gasteiger partial charge in [-0.05, 0) is 31.0 Å². The van der Waals surface area contributed by atoms with Crippen molar-refractivity contribution < 1.29 is 14.3 Å². The van der Waals surface area contributed by atoms with Crippen molar-refractivity contribution in [1.29, 1.82) is 0 Å². The third kappa shape index (κ3) is 3.97. The Balaban J connectivity index is 1.42. The second-order valence-electron chi connectivity index (χ2n) is 7.04. The number of ether oxygens (including phenoxy) is 1. The third-order valence-electron chi connectivity index (χ3n) is 4.71. The van der Waals surface area contributed by atoms with Gasteiger partial charge < -0.3 is 4.74 Å². The number of hydrogen-bond donors (Lipinski definition) is 1.